The number of nitrogens with zero attached hydrogens (tertiary/aromatic N) is 2. The van der Waals surface area contributed by atoms with Gasteiger partial charge in [-0.1, -0.05) is 24.8 Å². The zero-order chi connectivity index (χ0) is 19.7. The summed E-state index contributed by atoms with van der Waals surface area (Å²) in [6, 6.07) is 18.6. The summed E-state index contributed by atoms with van der Waals surface area (Å²) in [6.07, 6.45) is 3.93. The summed E-state index contributed by atoms with van der Waals surface area (Å²) in [5.74, 6) is 4.69. The minimum atomic E-state index is 0.101. The van der Waals surface area contributed by atoms with Crippen molar-refractivity contribution in [1.82, 2.24) is 4.90 Å². The van der Waals surface area contributed by atoms with Gasteiger partial charge in [0, 0.05) is 23.7 Å². The van der Waals surface area contributed by atoms with Crippen LogP contribution in [0.25, 0.3) is 0 Å². The number of allylic oxidation sites excluding steroid dienone is 1. The molecule has 0 saturated carbocycles. The van der Waals surface area contributed by atoms with E-state index in [1.807, 2.05) is 43.3 Å². The molecule has 0 N–H and O–H groups in total. The molecule has 0 spiro atoms. The molecule has 3 aromatic carbocycles. The smallest absolute Gasteiger partial charge is 0.135 e. The van der Waals surface area contributed by atoms with E-state index in [0.29, 0.717) is 0 Å². The number of hydrogen-bond acceptors (Lipinski definition) is 4. The molecule has 0 aromatic heterocycles. The van der Waals surface area contributed by atoms with Crippen molar-refractivity contribution in [3.05, 3.63) is 96.0 Å². The van der Waals surface area contributed by atoms with E-state index < -0.39 is 0 Å². The zero-order valence-electron chi connectivity index (χ0n) is 16.3. The normalized spacial score (nSPS) is 15.2. The number of anilines is 2. The van der Waals surface area contributed by atoms with Crippen LogP contribution in [0, 0.1) is 0 Å². The molecular formula is C25H20N2O2. The second-order valence-corrected chi connectivity index (χ2v) is 7.46. The fraction of sp³-hybridized carbons (Fsp3) is 0.120. The molecular weight excluding hydrogens is 360 g/mol. The first-order valence-corrected chi connectivity index (χ1v) is 9.79. The van der Waals surface area contributed by atoms with Crippen molar-refractivity contribution >= 4 is 11.4 Å². The molecule has 3 aromatic rings. The van der Waals surface area contributed by atoms with Crippen LogP contribution in [0.5, 0.6) is 23.0 Å². The SMILES string of the molecule is C=CN(C)/C(=C\C)N1c2cccc3c2C2c4c(cccc4Oc4cccc1c42)O3. The summed E-state index contributed by atoms with van der Waals surface area (Å²) >= 11 is 0. The fourth-order valence-corrected chi connectivity index (χ4v) is 4.83. The van der Waals surface area contributed by atoms with Gasteiger partial charge >= 0.3 is 0 Å². The predicted molar refractivity (Wildman–Crippen MR) is 114 cm³/mol. The van der Waals surface area contributed by atoms with Crippen molar-refractivity contribution in [2.24, 2.45) is 0 Å². The third-order valence-corrected chi connectivity index (χ3v) is 6.02. The molecule has 3 heterocycles. The van der Waals surface area contributed by atoms with Gasteiger partial charge in [0.25, 0.3) is 0 Å². The van der Waals surface area contributed by atoms with Gasteiger partial charge in [0.1, 0.15) is 28.8 Å². The van der Waals surface area contributed by atoms with Gasteiger partial charge < -0.3 is 14.4 Å². The second kappa shape index (κ2) is 5.67. The van der Waals surface area contributed by atoms with Crippen molar-refractivity contribution < 1.29 is 9.47 Å². The highest BCUT2D eigenvalue weighted by atomic mass is 16.5. The monoisotopic (exact) mass is 380 g/mol. The largest absolute Gasteiger partial charge is 0.457 e. The van der Waals surface area contributed by atoms with Gasteiger partial charge in [-0.15, -0.1) is 0 Å². The van der Waals surface area contributed by atoms with Gasteiger partial charge in [-0.2, -0.15) is 0 Å². The summed E-state index contributed by atoms with van der Waals surface area (Å²) in [4.78, 5) is 4.31. The molecule has 4 heteroatoms. The molecule has 4 nitrogen and oxygen atoms in total. The van der Waals surface area contributed by atoms with Gasteiger partial charge in [-0.25, -0.2) is 0 Å². The third kappa shape index (κ3) is 1.98. The highest BCUT2D eigenvalue weighted by Gasteiger charge is 2.44. The lowest BCUT2D eigenvalue weighted by Crippen LogP contribution is -2.33. The van der Waals surface area contributed by atoms with Crippen LogP contribution in [0.2, 0.25) is 0 Å². The Morgan fingerprint density at radius 1 is 0.862 bits per heavy atom. The lowest BCUT2D eigenvalue weighted by atomic mass is 9.76. The molecule has 0 bridgehead atoms. The maximum absolute atomic E-state index is 6.34. The Labute approximate surface area is 169 Å². The fourth-order valence-electron chi connectivity index (χ4n) is 4.83. The maximum atomic E-state index is 6.34. The lowest BCUT2D eigenvalue weighted by Gasteiger charge is -2.45. The lowest BCUT2D eigenvalue weighted by molar-refractivity contribution is 0.408. The Hall–Kier alpha value is -3.66. The summed E-state index contributed by atoms with van der Waals surface area (Å²) in [7, 11) is 2.01. The first kappa shape index (κ1) is 16.3. The Morgan fingerprint density at radius 2 is 1.34 bits per heavy atom. The summed E-state index contributed by atoms with van der Waals surface area (Å²) < 4.78 is 12.7. The summed E-state index contributed by atoms with van der Waals surface area (Å²) in [5, 5.41) is 0. The van der Waals surface area contributed by atoms with Crippen molar-refractivity contribution in [2.75, 3.05) is 11.9 Å². The summed E-state index contributed by atoms with van der Waals surface area (Å²) in [6.45, 7) is 6.01. The van der Waals surface area contributed by atoms with E-state index in [0.717, 1.165) is 45.8 Å². The molecule has 6 rings (SSSR count). The number of benzene rings is 3. The first-order valence-electron chi connectivity index (χ1n) is 9.79. The van der Waals surface area contributed by atoms with Gasteiger partial charge in [0.05, 0.1) is 17.3 Å². The molecule has 0 atom stereocenters. The average molecular weight is 380 g/mol. The standard InChI is InChI=1S/C25H20N2O2/c1-4-21(26(3)5-2)27-15-9-6-11-17-22(15)25-23-16(27)10-7-12-18(23)29-20-14-8-13-19(28-17)24(20)25/h4-14,25H,2H2,1,3H3/b21-4+. The van der Waals surface area contributed by atoms with Gasteiger partial charge in [0.15, 0.2) is 0 Å². The Balaban J connectivity index is 1.72. The van der Waals surface area contributed by atoms with Crippen molar-refractivity contribution in [3.8, 4) is 23.0 Å². The molecule has 0 radical (unpaired) electrons. The topological polar surface area (TPSA) is 24.9 Å². The molecule has 0 amide bonds. The quantitative estimate of drug-likeness (QED) is 0.358. The summed E-state index contributed by atoms with van der Waals surface area (Å²) in [5.41, 5.74) is 5.74. The van der Waals surface area contributed by atoms with Gasteiger partial charge in [-0.05, 0) is 55.6 Å². The van der Waals surface area contributed by atoms with Crippen LogP contribution in [0.4, 0.5) is 11.4 Å². The minimum Gasteiger partial charge on any atom is -0.457 e. The Bertz CT molecular complexity index is 1150. The van der Waals surface area contributed by atoms with Crippen molar-refractivity contribution in [3.63, 3.8) is 0 Å². The van der Waals surface area contributed by atoms with Crippen LogP contribution in [0.1, 0.15) is 29.5 Å². The molecule has 0 unspecified atom stereocenters. The average Bonchev–Trinajstić information content (AvgIpc) is 2.76. The van der Waals surface area contributed by atoms with Crippen LogP contribution in [0.15, 0.2) is 79.3 Å². The zero-order valence-corrected chi connectivity index (χ0v) is 16.3. The van der Waals surface area contributed by atoms with E-state index >= 15 is 0 Å². The van der Waals surface area contributed by atoms with E-state index in [1.54, 1.807) is 0 Å². The highest BCUT2D eigenvalue weighted by molar-refractivity contribution is 5.87. The number of hydrogen-bond donors (Lipinski definition) is 0. The molecule has 0 aliphatic carbocycles. The second-order valence-electron chi connectivity index (χ2n) is 7.46. The number of rotatable bonds is 3. The minimum absolute atomic E-state index is 0.101. The van der Waals surface area contributed by atoms with E-state index in [1.165, 1.54) is 11.1 Å². The molecule has 29 heavy (non-hydrogen) atoms. The van der Waals surface area contributed by atoms with Crippen LogP contribution in [-0.2, 0) is 0 Å². The van der Waals surface area contributed by atoms with E-state index in [2.05, 4.69) is 54.0 Å². The van der Waals surface area contributed by atoms with E-state index in [-0.39, 0.29) is 5.92 Å². The molecule has 3 aliphatic heterocycles. The van der Waals surface area contributed by atoms with Crippen LogP contribution in [0.3, 0.4) is 0 Å². The van der Waals surface area contributed by atoms with Crippen LogP contribution >= 0.6 is 0 Å². The molecule has 142 valence electrons. The third-order valence-electron chi connectivity index (χ3n) is 6.02. The Kier molecular flexibility index (Phi) is 3.19. The van der Waals surface area contributed by atoms with Crippen LogP contribution < -0.4 is 14.4 Å². The molecule has 0 fully saturated rings. The molecule has 3 aliphatic rings. The molecule has 0 saturated heterocycles. The predicted octanol–water partition coefficient (Wildman–Crippen LogP) is 6.47. The number of ether oxygens (including phenoxy) is 2. The maximum Gasteiger partial charge on any atom is 0.135 e. The van der Waals surface area contributed by atoms with E-state index in [4.69, 9.17) is 9.47 Å². The van der Waals surface area contributed by atoms with Gasteiger partial charge in [-0.3, -0.25) is 4.90 Å². The first-order chi connectivity index (χ1) is 14.2. The highest BCUT2D eigenvalue weighted by Crippen LogP contribution is 2.63. The van der Waals surface area contributed by atoms with Crippen molar-refractivity contribution in [2.45, 2.75) is 12.8 Å². The van der Waals surface area contributed by atoms with Gasteiger partial charge in [0.2, 0.25) is 0 Å². The Morgan fingerprint density at radius 3 is 1.83 bits per heavy atom. The van der Waals surface area contributed by atoms with E-state index in [9.17, 15) is 0 Å². The van der Waals surface area contributed by atoms with Crippen molar-refractivity contribution in [1.29, 1.82) is 0 Å². The van der Waals surface area contributed by atoms with Crippen LogP contribution in [-0.4, -0.2) is 11.9 Å².